The van der Waals surface area contributed by atoms with E-state index < -0.39 is 15.5 Å². The van der Waals surface area contributed by atoms with Crippen LogP contribution in [0.25, 0.3) is 21.9 Å². The molecule has 0 atom stereocenters. The van der Waals surface area contributed by atoms with Crippen LogP contribution >= 0.6 is 0 Å². The lowest BCUT2D eigenvalue weighted by atomic mass is 10.1. The minimum Gasteiger partial charge on any atom is -0.495 e. The maximum atomic E-state index is 13.3. The van der Waals surface area contributed by atoms with Crippen molar-refractivity contribution in [2.45, 2.75) is 18.7 Å². The molecule has 0 spiro atoms. The highest BCUT2D eigenvalue weighted by molar-refractivity contribution is 7.93. The van der Waals surface area contributed by atoms with Gasteiger partial charge in [0, 0.05) is 6.07 Å². The molecule has 0 unspecified atom stereocenters. The van der Waals surface area contributed by atoms with E-state index in [0.717, 1.165) is 5.56 Å². The Hall–Kier alpha value is -3.26. The first-order valence-corrected chi connectivity index (χ1v) is 9.92. The van der Waals surface area contributed by atoms with Crippen LogP contribution in [0.2, 0.25) is 0 Å². The molecule has 8 heteroatoms. The van der Waals surface area contributed by atoms with Gasteiger partial charge in [0.05, 0.1) is 24.4 Å². The summed E-state index contributed by atoms with van der Waals surface area (Å²) in [6.07, 6.45) is 1.34. The van der Waals surface area contributed by atoms with Gasteiger partial charge in [-0.2, -0.15) is 0 Å². The third-order valence-electron chi connectivity index (χ3n) is 4.48. The Labute approximate surface area is 160 Å². The van der Waals surface area contributed by atoms with Crippen molar-refractivity contribution in [1.82, 2.24) is 0 Å². The number of para-hydroxylation sites is 1. The fraction of sp³-hybridized carbons (Fsp3) is 0.150. The summed E-state index contributed by atoms with van der Waals surface area (Å²) in [5.74, 6) is 0.486. The molecular formula is C20H17NO6S. The minimum atomic E-state index is -4.15. The van der Waals surface area contributed by atoms with Gasteiger partial charge in [0.1, 0.15) is 16.9 Å². The van der Waals surface area contributed by atoms with Gasteiger partial charge in [-0.05, 0) is 31.5 Å². The lowest BCUT2D eigenvalue weighted by Crippen LogP contribution is -2.16. The molecule has 7 nitrogen and oxygen atoms in total. The van der Waals surface area contributed by atoms with E-state index in [1.807, 2.05) is 6.07 Å². The Morgan fingerprint density at radius 1 is 1.07 bits per heavy atom. The predicted molar refractivity (Wildman–Crippen MR) is 106 cm³/mol. The van der Waals surface area contributed by atoms with Crippen LogP contribution in [0.1, 0.15) is 11.3 Å². The SMILES string of the molecule is COc1c2ccoc2c(S(=O)(=O)Nc2ccccc2C)c2oc(C)cc(=O)c12. The number of hydrogen-bond donors (Lipinski definition) is 1. The van der Waals surface area contributed by atoms with E-state index in [-0.39, 0.29) is 33.0 Å². The predicted octanol–water partition coefficient (Wildman–Crippen LogP) is 3.97. The Bertz CT molecular complexity index is 1380. The van der Waals surface area contributed by atoms with E-state index in [9.17, 15) is 13.2 Å². The van der Waals surface area contributed by atoms with E-state index >= 15 is 0 Å². The zero-order valence-electron chi connectivity index (χ0n) is 15.4. The van der Waals surface area contributed by atoms with Crippen LogP contribution < -0.4 is 14.9 Å². The summed E-state index contributed by atoms with van der Waals surface area (Å²) >= 11 is 0. The molecule has 0 amide bonds. The first kappa shape index (κ1) is 18.1. The number of furan rings is 1. The van der Waals surface area contributed by atoms with Gasteiger partial charge in [-0.1, -0.05) is 18.2 Å². The molecular weight excluding hydrogens is 382 g/mol. The van der Waals surface area contributed by atoms with Crippen LogP contribution in [-0.2, 0) is 10.0 Å². The van der Waals surface area contributed by atoms with Gasteiger partial charge in [0.25, 0.3) is 10.0 Å². The van der Waals surface area contributed by atoms with Crippen molar-refractivity contribution in [3.8, 4) is 5.75 Å². The number of methoxy groups -OCH3 is 1. The maximum absolute atomic E-state index is 13.3. The van der Waals surface area contributed by atoms with Crippen molar-refractivity contribution in [1.29, 1.82) is 0 Å². The van der Waals surface area contributed by atoms with Gasteiger partial charge in [-0.15, -0.1) is 0 Å². The topological polar surface area (TPSA) is 98.8 Å². The zero-order valence-corrected chi connectivity index (χ0v) is 16.2. The van der Waals surface area contributed by atoms with E-state index in [4.69, 9.17) is 13.6 Å². The Morgan fingerprint density at radius 3 is 2.54 bits per heavy atom. The summed E-state index contributed by atoms with van der Waals surface area (Å²) in [7, 11) is -2.75. The molecule has 0 aliphatic heterocycles. The smallest absolute Gasteiger partial charge is 0.269 e. The van der Waals surface area contributed by atoms with Gasteiger partial charge in [0.15, 0.2) is 21.5 Å². The Morgan fingerprint density at radius 2 is 1.82 bits per heavy atom. The molecule has 144 valence electrons. The fourth-order valence-electron chi connectivity index (χ4n) is 3.23. The molecule has 0 radical (unpaired) electrons. The number of rotatable bonds is 4. The highest BCUT2D eigenvalue weighted by atomic mass is 32.2. The van der Waals surface area contributed by atoms with Gasteiger partial charge in [-0.25, -0.2) is 8.42 Å². The van der Waals surface area contributed by atoms with Gasteiger partial charge in [0.2, 0.25) is 0 Å². The van der Waals surface area contributed by atoms with Gasteiger partial charge in [-0.3, -0.25) is 9.52 Å². The first-order chi connectivity index (χ1) is 13.3. The highest BCUT2D eigenvalue weighted by Gasteiger charge is 2.30. The Kier molecular flexibility index (Phi) is 4.15. The van der Waals surface area contributed by atoms with Crippen molar-refractivity contribution in [2.75, 3.05) is 11.8 Å². The quantitative estimate of drug-likeness (QED) is 0.558. The standard InChI is InChI=1S/C20H17NO6S/c1-11-6-4-5-7-14(11)21-28(23,24)20-18-13(8-9-26-18)17(25-3)16-15(22)10-12(2)27-19(16)20/h4-10,21H,1-3H3. The van der Waals surface area contributed by atoms with Crippen molar-refractivity contribution < 1.29 is 22.0 Å². The molecule has 0 saturated heterocycles. The lowest BCUT2D eigenvalue weighted by Gasteiger charge is -2.14. The molecule has 0 fully saturated rings. The number of ether oxygens (including phenoxy) is 1. The molecule has 0 aliphatic rings. The number of hydrogen-bond acceptors (Lipinski definition) is 6. The van der Waals surface area contributed by atoms with E-state index in [1.165, 1.54) is 19.4 Å². The fourth-order valence-corrected chi connectivity index (χ4v) is 4.64. The molecule has 4 aromatic rings. The summed E-state index contributed by atoms with van der Waals surface area (Å²) in [5, 5.41) is 0.420. The average molecular weight is 399 g/mol. The summed E-state index contributed by atoms with van der Waals surface area (Å²) in [4.78, 5) is 12.4. The number of fused-ring (bicyclic) bond motifs is 2. The lowest BCUT2D eigenvalue weighted by molar-refractivity contribution is 0.422. The molecule has 0 aliphatic carbocycles. The van der Waals surface area contributed by atoms with Crippen LogP contribution in [-0.4, -0.2) is 15.5 Å². The summed E-state index contributed by atoms with van der Waals surface area (Å²) < 4.78 is 45.8. The third kappa shape index (κ3) is 2.73. The van der Waals surface area contributed by atoms with Crippen molar-refractivity contribution in [2.24, 2.45) is 0 Å². The molecule has 2 aromatic heterocycles. The van der Waals surface area contributed by atoms with E-state index in [2.05, 4.69) is 4.72 Å². The van der Waals surface area contributed by atoms with Crippen LogP contribution in [0.5, 0.6) is 5.75 Å². The van der Waals surface area contributed by atoms with Crippen molar-refractivity contribution >= 4 is 37.6 Å². The van der Waals surface area contributed by atoms with E-state index in [1.54, 1.807) is 38.1 Å². The van der Waals surface area contributed by atoms with Gasteiger partial charge >= 0.3 is 0 Å². The average Bonchev–Trinajstić information content (AvgIpc) is 3.10. The van der Waals surface area contributed by atoms with Crippen LogP contribution in [0.4, 0.5) is 5.69 Å². The molecule has 1 N–H and O–H groups in total. The summed E-state index contributed by atoms with van der Waals surface area (Å²) in [6.45, 7) is 3.36. The largest absolute Gasteiger partial charge is 0.495 e. The van der Waals surface area contributed by atoms with E-state index in [0.29, 0.717) is 11.1 Å². The molecule has 2 heterocycles. The molecule has 28 heavy (non-hydrogen) atoms. The second-order valence-electron chi connectivity index (χ2n) is 6.37. The van der Waals surface area contributed by atoms with Crippen LogP contribution in [0.15, 0.2) is 61.2 Å². The molecule has 0 saturated carbocycles. The summed E-state index contributed by atoms with van der Waals surface area (Å²) in [5.41, 5.74) is 0.717. The Balaban J connectivity index is 2.12. The second kappa shape index (κ2) is 6.42. The number of benzene rings is 2. The monoisotopic (exact) mass is 399 g/mol. The third-order valence-corrected chi connectivity index (χ3v) is 5.88. The normalized spacial score (nSPS) is 11.8. The maximum Gasteiger partial charge on any atom is 0.269 e. The van der Waals surface area contributed by atoms with Crippen LogP contribution in [0.3, 0.4) is 0 Å². The number of sulfonamides is 1. The number of aryl methyl sites for hydroxylation is 2. The number of nitrogens with one attached hydrogen (secondary N) is 1. The van der Waals surface area contributed by atoms with Gasteiger partial charge < -0.3 is 13.6 Å². The highest BCUT2D eigenvalue weighted by Crippen LogP contribution is 2.40. The van der Waals surface area contributed by atoms with Crippen molar-refractivity contribution in [3.05, 3.63) is 64.2 Å². The summed E-state index contributed by atoms with van der Waals surface area (Å²) in [6, 6.07) is 9.82. The first-order valence-electron chi connectivity index (χ1n) is 8.43. The zero-order chi connectivity index (χ0) is 20.1. The minimum absolute atomic E-state index is 0.0483. The number of anilines is 1. The molecule has 0 bridgehead atoms. The molecule has 4 rings (SSSR count). The molecule has 2 aromatic carbocycles. The van der Waals surface area contributed by atoms with Crippen LogP contribution in [0, 0.1) is 13.8 Å². The van der Waals surface area contributed by atoms with Crippen molar-refractivity contribution in [3.63, 3.8) is 0 Å². The second-order valence-corrected chi connectivity index (χ2v) is 7.99.